The van der Waals surface area contributed by atoms with E-state index in [-0.39, 0.29) is 11.7 Å². The van der Waals surface area contributed by atoms with E-state index < -0.39 is 0 Å². The van der Waals surface area contributed by atoms with Crippen LogP contribution in [-0.4, -0.2) is 21.4 Å². The Bertz CT molecular complexity index is 1120. The highest BCUT2D eigenvalue weighted by Gasteiger charge is 2.28. The van der Waals surface area contributed by atoms with E-state index in [1.807, 2.05) is 16.7 Å². The largest absolute Gasteiger partial charge is 0.372 e. The first-order valence-corrected chi connectivity index (χ1v) is 13.2. The Kier molecular flexibility index (Phi) is 7.19. The predicted molar refractivity (Wildman–Crippen MR) is 132 cm³/mol. The van der Waals surface area contributed by atoms with Gasteiger partial charge in [-0.25, -0.2) is 4.98 Å². The molecule has 0 spiro atoms. The van der Waals surface area contributed by atoms with Crippen molar-refractivity contribution in [2.75, 3.05) is 5.75 Å². The van der Waals surface area contributed by atoms with E-state index in [0.717, 1.165) is 55.7 Å². The summed E-state index contributed by atoms with van der Waals surface area (Å²) < 4.78 is 7.91. The number of ether oxygens (including phenoxy) is 1. The second-order valence-electron chi connectivity index (χ2n) is 8.76. The summed E-state index contributed by atoms with van der Waals surface area (Å²) in [4.78, 5) is 20.9. The van der Waals surface area contributed by atoms with Gasteiger partial charge in [-0.05, 0) is 42.5 Å². The van der Waals surface area contributed by atoms with Crippen molar-refractivity contribution in [3.63, 3.8) is 0 Å². The first-order valence-electron chi connectivity index (χ1n) is 11.4. The maximum Gasteiger partial charge on any atom is 0.267 e. The lowest BCUT2D eigenvalue weighted by atomic mass is 9.96. The summed E-state index contributed by atoms with van der Waals surface area (Å²) in [6, 6.07) is 8.18. The van der Waals surface area contributed by atoms with Crippen LogP contribution in [0, 0.1) is 12.8 Å². The molecule has 31 heavy (non-hydrogen) atoms. The van der Waals surface area contributed by atoms with E-state index in [9.17, 15) is 4.79 Å². The van der Waals surface area contributed by atoms with Gasteiger partial charge in [0.15, 0.2) is 5.16 Å². The average Bonchev–Trinajstić information content (AvgIpc) is 3.11. The van der Waals surface area contributed by atoms with Gasteiger partial charge in [0.1, 0.15) is 4.83 Å². The second-order valence-corrected chi connectivity index (χ2v) is 10.9. The topological polar surface area (TPSA) is 44.1 Å². The average molecular weight is 457 g/mol. The third-order valence-corrected chi connectivity index (χ3v) is 8.07. The van der Waals surface area contributed by atoms with E-state index in [2.05, 4.69) is 39.8 Å². The molecular weight excluding hydrogens is 424 g/mol. The Morgan fingerprint density at radius 2 is 2.13 bits per heavy atom. The molecule has 3 heterocycles. The van der Waals surface area contributed by atoms with Gasteiger partial charge in [-0.2, -0.15) is 0 Å². The molecule has 0 amide bonds. The van der Waals surface area contributed by atoms with Gasteiger partial charge >= 0.3 is 0 Å². The summed E-state index contributed by atoms with van der Waals surface area (Å²) in [7, 11) is 0. The van der Waals surface area contributed by atoms with Crippen LogP contribution in [0.3, 0.4) is 0 Å². The molecule has 0 aliphatic carbocycles. The Morgan fingerprint density at radius 1 is 1.29 bits per heavy atom. The number of hydrogen-bond donors (Lipinski definition) is 0. The fourth-order valence-electron chi connectivity index (χ4n) is 4.12. The number of fused-ring (bicyclic) bond motifs is 3. The quantitative estimate of drug-likeness (QED) is 0.220. The lowest BCUT2D eigenvalue weighted by Crippen LogP contribution is -2.28. The minimum atomic E-state index is 0.0635. The third-order valence-electron chi connectivity index (χ3n) is 5.94. The molecule has 1 aliphatic heterocycles. The maximum atomic E-state index is 13.9. The zero-order valence-electron chi connectivity index (χ0n) is 18.9. The summed E-state index contributed by atoms with van der Waals surface area (Å²) in [6.45, 7) is 9.24. The number of unbranched alkanes of at least 4 members (excludes halogenated alkanes) is 3. The van der Waals surface area contributed by atoms with Crippen LogP contribution < -0.4 is 5.56 Å². The highest BCUT2D eigenvalue weighted by molar-refractivity contribution is 7.99. The van der Waals surface area contributed by atoms with Crippen LogP contribution in [-0.2, 0) is 17.8 Å². The van der Waals surface area contributed by atoms with Gasteiger partial charge in [-0.3, -0.25) is 9.36 Å². The monoisotopic (exact) mass is 456 g/mol. The van der Waals surface area contributed by atoms with E-state index in [0.29, 0.717) is 12.5 Å². The Labute approximate surface area is 193 Å². The number of hydrogen-bond acceptors (Lipinski definition) is 5. The Hall–Kier alpha value is -1.63. The van der Waals surface area contributed by atoms with E-state index >= 15 is 0 Å². The predicted octanol–water partition coefficient (Wildman–Crippen LogP) is 6.53. The van der Waals surface area contributed by atoms with Gasteiger partial charge in [-0.1, -0.05) is 63.9 Å². The molecule has 1 atom stereocenters. The van der Waals surface area contributed by atoms with Crippen molar-refractivity contribution in [2.45, 2.75) is 77.7 Å². The summed E-state index contributed by atoms with van der Waals surface area (Å²) in [6.07, 6.45) is 5.80. The zero-order valence-corrected chi connectivity index (χ0v) is 20.6. The normalized spacial score (nSPS) is 16.2. The molecule has 1 aliphatic rings. The number of aryl methyl sites for hydroxylation is 1. The lowest BCUT2D eigenvalue weighted by Gasteiger charge is -2.26. The van der Waals surface area contributed by atoms with Crippen molar-refractivity contribution in [1.29, 1.82) is 0 Å². The SMILES string of the molecule is CCCCCCSc1nc2sc3c(c2c(=O)n1-c1cccc(C)c1)C[C@@H](C(C)C)OC3. The van der Waals surface area contributed by atoms with E-state index in [4.69, 9.17) is 9.72 Å². The van der Waals surface area contributed by atoms with E-state index in [1.165, 1.54) is 19.3 Å². The van der Waals surface area contributed by atoms with Crippen LogP contribution in [0.25, 0.3) is 15.9 Å². The smallest absolute Gasteiger partial charge is 0.267 e. The first-order chi connectivity index (χ1) is 15.0. The van der Waals surface area contributed by atoms with Crippen molar-refractivity contribution < 1.29 is 4.74 Å². The summed E-state index contributed by atoms with van der Waals surface area (Å²) >= 11 is 3.34. The van der Waals surface area contributed by atoms with Crippen molar-refractivity contribution in [1.82, 2.24) is 9.55 Å². The fourth-order valence-corrected chi connectivity index (χ4v) is 6.30. The minimum Gasteiger partial charge on any atom is -0.372 e. The van der Waals surface area contributed by atoms with Crippen LogP contribution in [0.5, 0.6) is 0 Å². The molecule has 0 saturated heterocycles. The van der Waals surface area contributed by atoms with Gasteiger partial charge in [0.05, 0.1) is 23.8 Å². The van der Waals surface area contributed by atoms with Crippen LogP contribution in [0.15, 0.2) is 34.2 Å². The fraction of sp³-hybridized carbons (Fsp3) is 0.520. The minimum absolute atomic E-state index is 0.0635. The molecule has 166 valence electrons. The summed E-state index contributed by atoms with van der Waals surface area (Å²) in [5.74, 6) is 1.40. The van der Waals surface area contributed by atoms with Crippen LogP contribution in [0.2, 0.25) is 0 Å². The molecule has 0 radical (unpaired) electrons. The third kappa shape index (κ3) is 4.76. The summed E-state index contributed by atoms with van der Waals surface area (Å²) in [5.41, 5.74) is 3.27. The molecule has 3 aromatic rings. The number of aromatic nitrogens is 2. The highest BCUT2D eigenvalue weighted by Crippen LogP contribution is 2.36. The Balaban J connectivity index is 1.81. The number of nitrogens with zero attached hydrogens (tertiary/aromatic N) is 2. The van der Waals surface area contributed by atoms with E-state index in [1.54, 1.807) is 23.1 Å². The first kappa shape index (κ1) is 22.6. The standard InChI is InChI=1S/C25H32N2O2S2/c1-5-6-7-8-12-30-25-26-23-22(19-14-20(16(2)3)29-15-21(19)31-23)24(28)27(25)18-11-9-10-17(4)13-18/h9-11,13,16,20H,5-8,12,14-15H2,1-4H3/t20-/m0/s1. The lowest BCUT2D eigenvalue weighted by molar-refractivity contribution is 0.00200. The number of benzene rings is 1. The molecular formula is C25H32N2O2S2. The van der Waals surface area contributed by atoms with Gasteiger partial charge in [0, 0.05) is 17.1 Å². The van der Waals surface area contributed by atoms with Gasteiger partial charge in [0.2, 0.25) is 0 Å². The van der Waals surface area contributed by atoms with Gasteiger partial charge in [-0.15, -0.1) is 11.3 Å². The van der Waals surface area contributed by atoms with Crippen LogP contribution in [0.4, 0.5) is 0 Å². The second kappa shape index (κ2) is 9.88. The zero-order chi connectivity index (χ0) is 22.0. The van der Waals surface area contributed by atoms with Crippen LogP contribution in [0.1, 0.15) is 62.5 Å². The molecule has 0 fully saturated rings. The number of rotatable bonds is 8. The summed E-state index contributed by atoms with van der Waals surface area (Å²) in [5, 5.41) is 1.60. The maximum absolute atomic E-state index is 13.9. The van der Waals surface area contributed by atoms with Crippen molar-refractivity contribution >= 4 is 33.3 Å². The molecule has 6 heteroatoms. The molecule has 0 saturated carbocycles. The molecule has 0 unspecified atom stereocenters. The number of thioether (sulfide) groups is 1. The van der Waals surface area contributed by atoms with Crippen molar-refractivity contribution in [2.24, 2.45) is 5.92 Å². The van der Waals surface area contributed by atoms with Gasteiger partial charge < -0.3 is 4.74 Å². The molecule has 0 N–H and O–H groups in total. The van der Waals surface area contributed by atoms with Gasteiger partial charge in [0.25, 0.3) is 5.56 Å². The molecule has 2 aromatic heterocycles. The highest BCUT2D eigenvalue weighted by atomic mass is 32.2. The van der Waals surface area contributed by atoms with Crippen molar-refractivity contribution in [3.8, 4) is 5.69 Å². The molecule has 1 aromatic carbocycles. The number of thiophene rings is 1. The van der Waals surface area contributed by atoms with Crippen molar-refractivity contribution in [3.05, 3.63) is 50.6 Å². The molecule has 4 nitrogen and oxygen atoms in total. The van der Waals surface area contributed by atoms with Crippen LogP contribution >= 0.6 is 23.1 Å². The molecule has 4 rings (SSSR count). The molecule has 0 bridgehead atoms. The Morgan fingerprint density at radius 3 is 2.87 bits per heavy atom.